The SMILES string of the molecule is O=c1cc(CCCC2(c3ccccc3)OCCO2)[nH][nH]1. The van der Waals surface area contributed by atoms with Crippen LogP contribution in [0.3, 0.4) is 0 Å². The minimum atomic E-state index is -0.627. The van der Waals surface area contributed by atoms with Crippen LogP contribution in [0.25, 0.3) is 0 Å². The third-order valence-corrected chi connectivity index (χ3v) is 3.57. The van der Waals surface area contributed by atoms with Crippen LogP contribution in [0, 0.1) is 0 Å². The standard InChI is InChI=1S/C15H18N2O3/c18-14-11-13(16-17-14)7-4-8-15(19-9-10-20-15)12-5-2-1-3-6-12/h1-3,5-6,11H,4,7-10H2,(H2,16,17,18). The lowest BCUT2D eigenvalue weighted by atomic mass is 9.99. The average molecular weight is 274 g/mol. The first-order valence-corrected chi connectivity index (χ1v) is 6.88. The van der Waals surface area contributed by atoms with Gasteiger partial charge in [0.1, 0.15) is 0 Å². The van der Waals surface area contributed by atoms with Crippen LogP contribution in [0.4, 0.5) is 0 Å². The molecule has 0 unspecified atom stereocenters. The van der Waals surface area contributed by atoms with E-state index in [1.807, 2.05) is 30.3 Å². The Kier molecular flexibility index (Phi) is 3.71. The fourth-order valence-corrected chi connectivity index (χ4v) is 2.62. The van der Waals surface area contributed by atoms with E-state index in [9.17, 15) is 4.79 Å². The molecule has 0 radical (unpaired) electrons. The third-order valence-electron chi connectivity index (χ3n) is 3.57. The van der Waals surface area contributed by atoms with Crippen molar-refractivity contribution in [2.45, 2.75) is 25.0 Å². The number of aromatic nitrogens is 2. The van der Waals surface area contributed by atoms with E-state index in [1.54, 1.807) is 6.07 Å². The highest BCUT2D eigenvalue weighted by Gasteiger charge is 2.37. The predicted molar refractivity (Wildman–Crippen MR) is 74.4 cm³/mol. The van der Waals surface area contributed by atoms with Gasteiger partial charge in [0.05, 0.1) is 13.2 Å². The highest BCUT2D eigenvalue weighted by Crippen LogP contribution is 2.36. The molecule has 1 aromatic carbocycles. The third kappa shape index (κ3) is 2.69. The Bertz CT molecular complexity index is 597. The summed E-state index contributed by atoms with van der Waals surface area (Å²) in [7, 11) is 0. The molecule has 5 nitrogen and oxygen atoms in total. The maximum Gasteiger partial charge on any atom is 0.264 e. The van der Waals surface area contributed by atoms with Crippen molar-refractivity contribution < 1.29 is 9.47 Å². The molecule has 1 aromatic heterocycles. The van der Waals surface area contributed by atoms with Gasteiger partial charge in [-0.2, -0.15) is 0 Å². The van der Waals surface area contributed by atoms with E-state index >= 15 is 0 Å². The van der Waals surface area contributed by atoms with E-state index < -0.39 is 5.79 Å². The topological polar surface area (TPSA) is 67.1 Å². The van der Waals surface area contributed by atoms with E-state index in [-0.39, 0.29) is 5.56 Å². The predicted octanol–water partition coefficient (Wildman–Crippen LogP) is 1.93. The lowest BCUT2D eigenvalue weighted by Crippen LogP contribution is -2.27. The van der Waals surface area contributed by atoms with Crippen LogP contribution in [-0.2, 0) is 21.7 Å². The fraction of sp³-hybridized carbons (Fsp3) is 0.400. The molecule has 0 aliphatic carbocycles. The number of ether oxygens (including phenoxy) is 2. The van der Waals surface area contributed by atoms with Gasteiger partial charge in [-0.25, -0.2) is 0 Å². The van der Waals surface area contributed by atoms with Gasteiger partial charge in [-0.3, -0.25) is 9.89 Å². The minimum absolute atomic E-state index is 0.0915. The summed E-state index contributed by atoms with van der Waals surface area (Å²) in [6, 6.07) is 11.6. The lowest BCUT2D eigenvalue weighted by Gasteiger charge is -2.27. The van der Waals surface area contributed by atoms with E-state index in [4.69, 9.17) is 9.47 Å². The number of hydrogen-bond acceptors (Lipinski definition) is 3. The molecule has 1 fully saturated rings. The quantitative estimate of drug-likeness (QED) is 0.875. The van der Waals surface area contributed by atoms with Gasteiger partial charge in [-0.05, 0) is 12.8 Å². The summed E-state index contributed by atoms with van der Waals surface area (Å²) >= 11 is 0. The Morgan fingerprint density at radius 3 is 2.50 bits per heavy atom. The van der Waals surface area contributed by atoms with Crippen molar-refractivity contribution in [1.82, 2.24) is 10.2 Å². The largest absolute Gasteiger partial charge is 0.343 e. The smallest absolute Gasteiger partial charge is 0.264 e. The molecule has 1 saturated heterocycles. The van der Waals surface area contributed by atoms with Gasteiger partial charge in [0, 0.05) is 23.7 Å². The first-order chi connectivity index (χ1) is 9.78. The number of hydrogen-bond donors (Lipinski definition) is 2. The fourth-order valence-electron chi connectivity index (χ4n) is 2.62. The number of aryl methyl sites for hydroxylation is 1. The van der Waals surface area contributed by atoms with Crippen LogP contribution < -0.4 is 5.56 Å². The first kappa shape index (κ1) is 13.1. The van der Waals surface area contributed by atoms with Gasteiger partial charge in [0.15, 0.2) is 5.79 Å². The van der Waals surface area contributed by atoms with Crippen molar-refractivity contribution in [1.29, 1.82) is 0 Å². The van der Waals surface area contributed by atoms with Crippen molar-refractivity contribution in [3.05, 3.63) is 58.0 Å². The molecule has 2 aromatic rings. The molecule has 3 rings (SSSR count). The van der Waals surface area contributed by atoms with Gasteiger partial charge in [0.2, 0.25) is 0 Å². The summed E-state index contributed by atoms with van der Waals surface area (Å²) in [5, 5.41) is 5.41. The number of nitrogens with one attached hydrogen (secondary N) is 2. The number of rotatable bonds is 5. The van der Waals surface area contributed by atoms with Crippen molar-refractivity contribution in [3.8, 4) is 0 Å². The van der Waals surface area contributed by atoms with Crippen LogP contribution in [0.1, 0.15) is 24.1 Å². The summed E-state index contributed by atoms with van der Waals surface area (Å²) in [6.45, 7) is 1.24. The molecule has 1 aliphatic rings. The van der Waals surface area contributed by atoms with Crippen LogP contribution >= 0.6 is 0 Å². The Morgan fingerprint density at radius 2 is 1.85 bits per heavy atom. The highest BCUT2D eigenvalue weighted by atomic mass is 16.7. The van der Waals surface area contributed by atoms with Crippen molar-refractivity contribution in [3.63, 3.8) is 0 Å². The second-order valence-electron chi connectivity index (χ2n) is 4.95. The number of aromatic amines is 2. The van der Waals surface area contributed by atoms with Gasteiger partial charge >= 0.3 is 0 Å². The van der Waals surface area contributed by atoms with Crippen LogP contribution in [0.2, 0.25) is 0 Å². The Hall–Kier alpha value is -1.85. The van der Waals surface area contributed by atoms with E-state index in [1.165, 1.54) is 0 Å². The molecule has 106 valence electrons. The molecule has 1 aliphatic heterocycles. The van der Waals surface area contributed by atoms with Gasteiger partial charge in [-0.1, -0.05) is 30.3 Å². The Morgan fingerprint density at radius 1 is 1.10 bits per heavy atom. The van der Waals surface area contributed by atoms with Crippen molar-refractivity contribution >= 4 is 0 Å². The highest BCUT2D eigenvalue weighted by molar-refractivity contribution is 5.21. The molecule has 2 N–H and O–H groups in total. The second kappa shape index (κ2) is 5.64. The zero-order chi connectivity index (χ0) is 13.8. The monoisotopic (exact) mass is 274 g/mol. The normalized spacial score (nSPS) is 17.4. The summed E-state index contributed by atoms with van der Waals surface area (Å²) < 4.78 is 11.7. The van der Waals surface area contributed by atoms with Gasteiger partial charge < -0.3 is 14.6 Å². The summed E-state index contributed by atoms with van der Waals surface area (Å²) in [4.78, 5) is 11.1. The number of benzene rings is 1. The molecule has 0 atom stereocenters. The number of H-pyrrole nitrogens is 2. The molecule has 0 bridgehead atoms. The van der Waals surface area contributed by atoms with Crippen molar-refractivity contribution in [2.75, 3.05) is 13.2 Å². The minimum Gasteiger partial charge on any atom is -0.343 e. The molecule has 0 spiro atoms. The van der Waals surface area contributed by atoms with E-state index in [0.717, 1.165) is 30.5 Å². The summed E-state index contributed by atoms with van der Waals surface area (Å²) in [5.74, 6) is -0.627. The molecule has 0 saturated carbocycles. The van der Waals surface area contributed by atoms with Crippen LogP contribution in [0.5, 0.6) is 0 Å². The van der Waals surface area contributed by atoms with Crippen molar-refractivity contribution in [2.24, 2.45) is 0 Å². The maximum absolute atomic E-state index is 11.1. The van der Waals surface area contributed by atoms with Gasteiger partial charge in [-0.15, -0.1) is 0 Å². The molecular weight excluding hydrogens is 256 g/mol. The second-order valence-corrected chi connectivity index (χ2v) is 4.95. The average Bonchev–Trinajstić information content (AvgIpc) is 3.10. The molecular formula is C15H18N2O3. The first-order valence-electron chi connectivity index (χ1n) is 6.88. The molecule has 5 heteroatoms. The summed E-state index contributed by atoms with van der Waals surface area (Å²) in [6.07, 6.45) is 2.44. The Balaban J connectivity index is 1.67. The molecule has 20 heavy (non-hydrogen) atoms. The summed E-state index contributed by atoms with van der Waals surface area (Å²) in [5.41, 5.74) is 1.88. The zero-order valence-corrected chi connectivity index (χ0v) is 11.2. The van der Waals surface area contributed by atoms with Gasteiger partial charge in [0.25, 0.3) is 5.56 Å². The van der Waals surface area contributed by atoms with E-state index in [2.05, 4.69) is 10.2 Å². The Labute approximate surface area is 116 Å². The molecule has 0 amide bonds. The zero-order valence-electron chi connectivity index (χ0n) is 11.2. The van der Waals surface area contributed by atoms with Crippen LogP contribution in [0.15, 0.2) is 41.2 Å². The maximum atomic E-state index is 11.1. The van der Waals surface area contributed by atoms with Crippen LogP contribution in [-0.4, -0.2) is 23.4 Å². The lowest BCUT2D eigenvalue weighted by molar-refractivity contribution is -0.171. The van der Waals surface area contributed by atoms with E-state index in [0.29, 0.717) is 13.2 Å². The molecule has 2 heterocycles.